The fourth-order valence-corrected chi connectivity index (χ4v) is 4.86. The first-order valence-corrected chi connectivity index (χ1v) is 10.9. The van der Waals surface area contributed by atoms with Gasteiger partial charge in [0.05, 0.1) is 12.5 Å². The monoisotopic (exact) mass is 392 g/mol. The molecule has 1 aromatic heterocycles. The summed E-state index contributed by atoms with van der Waals surface area (Å²) in [6, 6.07) is 2.69. The second-order valence-corrected chi connectivity index (χ2v) is 8.40. The van der Waals surface area contributed by atoms with Crippen LogP contribution in [-0.4, -0.2) is 67.6 Å². The van der Waals surface area contributed by atoms with Gasteiger partial charge in [0, 0.05) is 50.7 Å². The first-order chi connectivity index (χ1) is 13.1. The normalized spacial score (nSPS) is 22.3. The number of esters is 1. The fraction of sp³-hybridized carbons (Fsp3) is 0.700. The van der Waals surface area contributed by atoms with Crippen LogP contribution in [0.1, 0.15) is 37.1 Å². The van der Waals surface area contributed by atoms with Crippen LogP contribution in [0.3, 0.4) is 0 Å². The first kappa shape index (κ1) is 20.1. The molecular formula is C20H32N4O2S. The largest absolute Gasteiger partial charge is 0.466 e. The smallest absolute Gasteiger partial charge is 0.310 e. The van der Waals surface area contributed by atoms with E-state index in [1.54, 1.807) is 4.88 Å². The summed E-state index contributed by atoms with van der Waals surface area (Å²) in [6.07, 6.45) is 3.05. The molecule has 1 aromatic rings. The van der Waals surface area contributed by atoms with Crippen LogP contribution in [0.15, 0.2) is 16.4 Å². The van der Waals surface area contributed by atoms with Crippen LogP contribution < -0.4 is 5.32 Å². The zero-order valence-corrected chi connectivity index (χ0v) is 17.6. The molecule has 2 unspecified atom stereocenters. The molecule has 6 nitrogen and oxygen atoms in total. The van der Waals surface area contributed by atoms with Crippen molar-refractivity contribution in [1.82, 2.24) is 15.1 Å². The van der Waals surface area contributed by atoms with E-state index in [4.69, 9.17) is 4.74 Å². The summed E-state index contributed by atoms with van der Waals surface area (Å²) in [5.41, 5.74) is 1.48. The van der Waals surface area contributed by atoms with Gasteiger partial charge in [-0.2, -0.15) is 0 Å². The highest BCUT2D eigenvalue weighted by atomic mass is 32.1. The van der Waals surface area contributed by atoms with Gasteiger partial charge in [0.15, 0.2) is 5.96 Å². The third-order valence-electron chi connectivity index (χ3n) is 5.57. The molecule has 2 aliphatic rings. The van der Waals surface area contributed by atoms with Crippen LogP contribution in [0.25, 0.3) is 0 Å². The Hall–Kier alpha value is -1.60. The number of nitrogens with one attached hydrogen (secondary N) is 1. The Morgan fingerprint density at radius 1 is 1.48 bits per heavy atom. The summed E-state index contributed by atoms with van der Waals surface area (Å²) in [7, 11) is 1.82. The molecule has 1 saturated heterocycles. The van der Waals surface area contributed by atoms with Gasteiger partial charge < -0.3 is 15.0 Å². The number of hydrogen-bond acceptors (Lipinski definition) is 5. The molecular weight excluding hydrogens is 360 g/mol. The van der Waals surface area contributed by atoms with E-state index in [0.29, 0.717) is 19.2 Å². The molecule has 27 heavy (non-hydrogen) atoms. The third-order valence-corrected chi connectivity index (χ3v) is 6.59. The van der Waals surface area contributed by atoms with Gasteiger partial charge in [-0.1, -0.05) is 0 Å². The van der Waals surface area contributed by atoms with E-state index >= 15 is 0 Å². The van der Waals surface area contributed by atoms with E-state index in [9.17, 15) is 4.79 Å². The van der Waals surface area contributed by atoms with Crippen molar-refractivity contribution >= 4 is 23.3 Å². The molecule has 1 fully saturated rings. The average molecular weight is 393 g/mol. The molecule has 2 aliphatic heterocycles. The molecule has 3 heterocycles. The Balaban J connectivity index is 1.51. The summed E-state index contributed by atoms with van der Waals surface area (Å²) in [4.78, 5) is 22.8. The molecule has 150 valence electrons. The molecule has 0 spiro atoms. The fourth-order valence-electron chi connectivity index (χ4n) is 3.97. The lowest BCUT2D eigenvalue weighted by Gasteiger charge is -2.36. The van der Waals surface area contributed by atoms with Crippen molar-refractivity contribution in [2.75, 3.05) is 39.8 Å². The third kappa shape index (κ3) is 5.02. The number of ether oxygens (including phenoxy) is 1. The highest BCUT2D eigenvalue weighted by Gasteiger charge is 2.29. The summed E-state index contributed by atoms with van der Waals surface area (Å²) in [5.74, 6) is 0.767. The highest BCUT2D eigenvalue weighted by molar-refractivity contribution is 7.10. The standard InChI is InChI=1S/C20H32N4O2S/c1-4-26-19(25)17-6-5-9-24(14-17)20(21-3)22-12-15(2)23-10-7-18-16(13-23)8-11-27-18/h8,11,15,17H,4-7,9-10,12-14H2,1-3H3,(H,21,22). The molecule has 1 N–H and O–H groups in total. The SMILES string of the molecule is CCOC(=O)C1CCCN(C(=NC)NCC(C)N2CCc3sccc3C2)C1. The van der Waals surface area contributed by atoms with E-state index in [2.05, 4.69) is 38.5 Å². The van der Waals surface area contributed by atoms with Gasteiger partial charge in [-0.25, -0.2) is 0 Å². The van der Waals surface area contributed by atoms with Crippen molar-refractivity contribution in [1.29, 1.82) is 0 Å². The minimum atomic E-state index is -0.0779. The van der Waals surface area contributed by atoms with Crippen LogP contribution in [0.2, 0.25) is 0 Å². The number of aliphatic imine (C=N–C) groups is 1. The molecule has 2 atom stereocenters. The Kier molecular flexibility index (Phi) is 7.13. The number of piperidine rings is 1. The quantitative estimate of drug-likeness (QED) is 0.474. The van der Waals surface area contributed by atoms with Gasteiger partial charge in [-0.05, 0) is 50.1 Å². The highest BCUT2D eigenvalue weighted by Crippen LogP contribution is 2.25. The Bertz CT molecular complexity index is 660. The van der Waals surface area contributed by atoms with Crippen molar-refractivity contribution in [2.24, 2.45) is 10.9 Å². The average Bonchev–Trinajstić information content (AvgIpc) is 3.16. The number of thiophene rings is 1. The number of nitrogens with zero attached hydrogens (tertiary/aromatic N) is 3. The van der Waals surface area contributed by atoms with Gasteiger partial charge in [0.25, 0.3) is 0 Å². The predicted octanol–water partition coefficient (Wildman–Crippen LogP) is 2.35. The van der Waals surface area contributed by atoms with Crippen LogP contribution in [0.4, 0.5) is 0 Å². The number of carbonyl (C=O) groups is 1. The predicted molar refractivity (Wildman–Crippen MR) is 110 cm³/mol. The molecule has 0 saturated carbocycles. The van der Waals surface area contributed by atoms with E-state index in [1.807, 2.05) is 25.3 Å². The van der Waals surface area contributed by atoms with Gasteiger partial charge in [-0.3, -0.25) is 14.7 Å². The molecule has 0 radical (unpaired) electrons. The van der Waals surface area contributed by atoms with Gasteiger partial charge in [-0.15, -0.1) is 11.3 Å². The molecule has 7 heteroatoms. The number of guanidine groups is 1. The van der Waals surface area contributed by atoms with Crippen LogP contribution >= 0.6 is 11.3 Å². The van der Waals surface area contributed by atoms with Crippen molar-refractivity contribution in [2.45, 2.75) is 45.7 Å². The Labute approximate surface area is 166 Å². The second-order valence-electron chi connectivity index (χ2n) is 7.40. The van der Waals surface area contributed by atoms with Crippen molar-refractivity contribution in [3.05, 3.63) is 21.9 Å². The molecule has 3 rings (SSSR count). The number of fused-ring (bicyclic) bond motifs is 1. The molecule has 0 amide bonds. The van der Waals surface area contributed by atoms with Crippen LogP contribution in [-0.2, 0) is 22.5 Å². The summed E-state index contributed by atoms with van der Waals surface area (Å²) in [6.45, 7) is 9.21. The zero-order chi connectivity index (χ0) is 19.2. The zero-order valence-electron chi connectivity index (χ0n) is 16.7. The maximum absolute atomic E-state index is 12.1. The minimum Gasteiger partial charge on any atom is -0.466 e. The minimum absolute atomic E-state index is 0.0474. The second kappa shape index (κ2) is 9.55. The van der Waals surface area contributed by atoms with E-state index in [-0.39, 0.29) is 11.9 Å². The topological polar surface area (TPSA) is 57.2 Å². The number of carbonyl (C=O) groups excluding carboxylic acids is 1. The maximum Gasteiger partial charge on any atom is 0.310 e. The van der Waals surface area contributed by atoms with Gasteiger partial charge in [0.2, 0.25) is 0 Å². The Morgan fingerprint density at radius 3 is 3.11 bits per heavy atom. The summed E-state index contributed by atoms with van der Waals surface area (Å²) < 4.78 is 5.21. The van der Waals surface area contributed by atoms with Crippen molar-refractivity contribution < 1.29 is 9.53 Å². The van der Waals surface area contributed by atoms with Crippen molar-refractivity contribution in [3.63, 3.8) is 0 Å². The van der Waals surface area contributed by atoms with E-state index in [0.717, 1.165) is 51.4 Å². The first-order valence-electron chi connectivity index (χ1n) is 10.0. The van der Waals surface area contributed by atoms with Crippen LogP contribution in [0, 0.1) is 5.92 Å². The van der Waals surface area contributed by atoms with E-state index in [1.165, 1.54) is 5.56 Å². The molecule has 0 bridgehead atoms. The summed E-state index contributed by atoms with van der Waals surface area (Å²) >= 11 is 1.88. The number of hydrogen-bond donors (Lipinski definition) is 1. The lowest BCUT2D eigenvalue weighted by Crippen LogP contribution is -2.51. The number of likely N-dealkylation sites (tertiary alicyclic amines) is 1. The Morgan fingerprint density at radius 2 is 2.33 bits per heavy atom. The molecule has 0 aromatic carbocycles. The number of rotatable bonds is 5. The lowest BCUT2D eigenvalue weighted by atomic mass is 9.98. The maximum atomic E-state index is 12.1. The van der Waals surface area contributed by atoms with E-state index < -0.39 is 0 Å². The van der Waals surface area contributed by atoms with Gasteiger partial charge >= 0.3 is 5.97 Å². The lowest BCUT2D eigenvalue weighted by molar-refractivity contribution is -0.149. The van der Waals surface area contributed by atoms with Gasteiger partial charge in [0.1, 0.15) is 0 Å². The van der Waals surface area contributed by atoms with Crippen molar-refractivity contribution in [3.8, 4) is 0 Å². The molecule has 0 aliphatic carbocycles. The summed E-state index contributed by atoms with van der Waals surface area (Å²) in [5, 5.41) is 5.73. The van der Waals surface area contributed by atoms with Crippen LogP contribution in [0.5, 0.6) is 0 Å².